The smallest absolute Gasteiger partial charge is 0.0352 e. The van der Waals surface area contributed by atoms with E-state index < -0.39 is 0 Å². The van der Waals surface area contributed by atoms with Crippen molar-refractivity contribution in [2.45, 2.75) is 57.8 Å². The zero-order valence-electron chi connectivity index (χ0n) is 9.83. The molecule has 4 fully saturated rings. The summed E-state index contributed by atoms with van der Waals surface area (Å²) in [7, 11) is 0. The predicted octanol–water partition coefficient (Wildman–Crippen LogP) is 4.25. The molecule has 0 aromatic heterocycles. The Morgan fingerprint density at radius 2 is 1.00 bits per heavy atom. The second-order valence-corrected chi connectivity index (χ2v) is 6.94. The molecule has 4 rings (SSSR count). The van der Waals surface area contributed by atoms with E-state index in [0.717, 1.165) is 0 Å². The summed E-state index contributed by atoms with van der Waals surface area (Å²) in [6.45, 7) is 0. The first kappa shape index (κ1) is 9.07. The molecule has 4 saturated carbocycles. The van der Waals surface area contributed by atoms with Crippen LogP contribution in [0.1, 0.15) is 57.8 Å². The van der Waals surface area contributed by atoms with Crippen molar-refractivity contribution in [3.63, 3.8) is 0 Å². The summed E-state index contributed by atoms with van der Waals surface area (Å²) in [6.07, 6.45) is 14.4. The molecular formula is C15H24. The van der Waals surface area contributed by atoms with Gasteiger partial charge in [-0.3, -0.25) is 0 Å². The van der Waals surface area contributed by atoms with Crippen LogP contribution in [-0.2, 0) is 0 Å². The minimum Gasteiger partial charge on any atom is -0.0530 e. The fraction of sp³-hybridized carbons (Fsp3) is 1.00. The standard InChI is InChI=1S/C15H24/c1-2-4-11-9-15-13-6-5-12(7-13)14(15)8-10(11)3-1/h10-15H,1-9H2. The zero-order chi connectivity index (χ0) is 9.83. The Balaban J connectivity index is 1.57. The van der Waals surface area contributed by atoms with Gasteiger partial charge in [0.1, 0.15) is 0 Å². The zero-order valence-corrected chi connectivity index (χ0v) is 9.83. The van der Waals surface area contributed by atoms with Crippen LogP contribution in [0.3, 0.4) is 0 Å². The average molecular weight is 204 g/mol. The number of hydrogen-bond acceptors (Lipinski definition) is 0. The average Bonchev–Trinajstić information content (AvgIpc) is 2.87. The van der Waals surface area contributed by atoms with E-state index in [0.29, 0.717) is 0 Å². The molecule has 0 aromatic carbocycles. The third kappa shape index (κ3) is 1.26. The minimum absolute atomic E-state index is 1.17. The van der Waals surface area contributed by atoms with Crippen LogP contribution < -0.4 is 0 Å². The van der Waals surface area contributed by atoms with Gasteiger partial charge in [0.15, 0.2) is 0 Å². The van der Waals surface area contributed by atoms with E-state index in [9.17, 15) is 0 Å². The summed E-state index contributed by atoms with van der Waals surface area (Å²) in [5.74, 6) is 7.09. The van der Waals surface area contributed by atoms with Crippen molar-refractivity contribution in [2.75, 3.05) is 0 Å². The van der Waals surface area contributed by atoms with Crippen LogP contribution in [0.2, 0.25) is 0 Å². The minimum atomic E-state index is 1.17. The highest BCUT2D eigenvalue weighted by Gasteiger charge is 2.51. The third-order valence-electron chi connectivity index (χ3n) is 6.49. The maximum absolute atomic E-state index is 1.65. The molecule has 0 heterocycles. The number of rotatable bonds is 0. The van der Waals surface area contributed by atoms with E-state index >= 15 is 0 Å². The molecule has 0 amide bonds. The van der Waals surface area contributed by atoms with Crippen molar-refractivity contribution in [2.24, 2.45) is 35.5 Å². The van der Waals surface area contributed by atoms with Crippen molar-refractivity contribution < 1.29 is 0 Å². The molecule has 0 aromatic rings. The van der Waals surface area contributed by atoms with Crippen LogP contribution in [0, 0.1) is 35.5 Å². The Kier molecular flexibility index (Phi) is 1.96. The lowest BCUT2D eigenvalue weighted by molar-refractivity contribution is 0.0455. The van der Waals surface area contributed by atoms with Gasteiger partial charge in [0.05, 0.1) is 0 Å². The van der Waals surface area contributed by atoms with Crippen molar-refractivity contribution in [1.82, 2.24) is 0 Å². The third-order valence-corrected chi connectivity index (χ3v) is 6.49. The number of hydrogen-bond donors (Lipinski definition) is 0. The maximum Gasteiger partial charge on any atom is -0.0352 e. The normalized spacial score (nSPS) is 57.6. The predicted molar refractivity (Wildman–Crippen MR) is 62.5 cm³/mol. The molecule has 4 aliphatic carbocycles. The van der Waals surface area contributed by atoms with Crippen molar-refractivity contribution >= 4 is 0 Å². The first-order chi connectivity index (χ1) is 7.42. The second-order valence-electron chi connectivity index (χ2n) is 6.94. The Morgan fingerprint density at radius 1 is 0.467 bits per heavy atom. The monoisotopic (exact) mass is 204 g/mol. The first-order valence-corrected chi connectivity index (χ1v) is 7.42. The van der Waals surface area contributed by atoms with E-state index in [1.165, 1.54) is 35.5 Å². The maximum atomic E-state index is 1.65. The molecular weight excluding hydrogens is 180 g/mol. The lowest BCUT2D eigenvalue weighted by Gasteiger charge is -2.45. The highest BCUT2D eigenvalue weighted by atomic mass is 14.6. The molecule has 15 heavy (non-hydrogen) atoms. The summed E-state index contributed by atoms with van der Waals surface area (Å²) >= 11 is 0. The molecule has 0 saturated heterocycles. The van der Waals surface area contributed by atoms with E-state index in [-0.39, 0.29) is 0 Å². The molecule has 0 N–H and O–H groups in total. The molecule has 6 atom stereocenters. The van der Waals surface area contributed by atoms with E-state index in [1.54, 1.807) is 57.8 Å². The van der Waals surface area contributed by atoms with Gasteiger partial charge in [-0.15, -0.1) is 0 Å². The van der Waals surface area contributed by atoms with Crippen LogP contribution in [0.15, 0.2) is 0 Å². The molecule has 2 bridgehead atoms. The fourth-order valence-electron chi connectivity index (χ4n) is 5.87. The topological polar surface area (TPSA) is 0 Å². The van der Waals surface area contributed by atoms with Gasteiger partial charge in [-0.05, 0) is 67.6 Å². The molecule has 0 nitrogen and oxygen atoms in total. The van der Waals surface area contributed by atoms with Gasteiger partial charge in [-0.2, -0.15) is 0 Å². The largest absolute Gasteiger partial charge is 0.0530 e. The van der Waals surface area contributed by atoms with Gasteiger partial charge in [-0.25, -0.2) is 0 Å². The van der Waals surface area contributed by atoms with E-state index in [1.807, 2.05) is 0 Å². The molecule has 0 heteroatoms. The SMILES string of the molecule is C1CCC2CC3C4CCC(C4)C3CC2C1. The lowest BCUT2D eigenvalue weighted by Crippen LogP contribution is -2.36. The van der Waals surface area contributed by atoms with Gasteiger partial charge in [0.2, 0.25) is 0 Å². The highest BCUT2D eigenvalue weighted by molar-refractivity contribution is 5.01. The van der Waals surface area contributed by atoms with Crippen LogP contribution in [0.25, 0.3) is 0 Å². The van der Waals surface area contributed by atoms with E-state index in [4.69, 9.17) is 0 Å². The van der Waals surface area contributed by atoms with E-state index in [2.05, 4.69) is 0 Å². The summed E-state index contributed by atoms with van der Waals surface area (Å²) < 4.78 is 0. The quantitative estimate of drug-likeness (QED) is 0.553. The highest BCUT2D eigenvalue weighted by Crippen LogP contribution is 2.60. The van der Waals surface area contributed by atoms with Crippen molar-refractivity contribution in [3.05, 3.63) is 0 Å². The number of fused-ring (bicyclic) bond motifs is 6. The van der Waals surface area contributed by atoms with Gasteiger partial charge in [0, 0.05) is 0 Å². The van der Waals surface area contributed by atoms with Crippen LogP contribution in [0.5, 0.6) is 0 Å². The van der Waals surface area contributed by atoms with Crippen LogP contribution in [0.4, 0.5) is 0 Å². The summed E-state index contributed by atoms with van der Waals surface area (Å²) in [4.78, 5) is 0. The fourth-order valence-corrected chi connectivity index (χ4v) is 5.87. The van der Waals surface area contributed by atoms with Gasteiger partial charge >= 0.3 is 0 Å². The molecule has 0 radical (unpaired) electrons. The Hall–Kier alpha value is 0. The Bertz CT molecular complexity index is 231. The Labute approximate surface area is 93.8 Å². The summed E-state index contributed by atoms with van der Waals surface area (Å²) in [5.41, 5.74) is 0. The van der Waals surface area contributed by atoms with Gasteiger partial charge < -0.3 is 0 Å². The van der Waals surface area contributed by atoms with Crippen molar-refractivity contribution in [1.29, 1.82) is 0 Å². The summed E-state index contributed by atoms with van der Waals surface area (Å²) in [5, 5.41) is 0. The molecule has 84 valence electrons. The molecule has 6 unspecified atom stereocenters. The van der Waals surface area contributed by atoms with Gasteiger partial charge in [-0.1, -0.05) is 25.7 Å². The van der Waals surface area contributed by atoms with Crippen molar-refractivity contribution in [3.8, 4) is 0 Å². The van der Waals surface area contributed by atoms with Crippen LogP contribution in [-0.4, -0.2) is 0 Å². The lowest BCUT2D eigenvalue weighted by atomic mass is 9.60. The molecule has 0 aliphatic heterocycles. The Morgan fingerprint density at radius 3 is 1.53 bits per heavy atom. The second kappa shape index (κ2) is 3.25. The van der Waals surface area contributed by atoms with Gasteiger partial charge in [0.25, 0.3) is 0 Å². The first-order valence-electron chi connectivity index (χ1n) is 7.42. The van der Waals surface area contributed by atoms with Crippen LogP contribution >= 0.6 is 0 Å². The molecule has 0 spiro atoms. The summed E-state index contributed by atoms with van der Waals surface area (Å²) in [6, 6.07) is 0. The molecule has 4 aliphatic rings.